The summed E-state index contributed by atoms with van der Waals surface area (Å²) in [6.45, 7) is 15.8. The molecule has 0 N–H and O–H groups in total. The van der Waals surface area contributed by atoms with Gasteiger partial charge in [-0.2, -0.15) is 0 Å². The van der Waals surface area contributed by atoms with Crippen LogP contribution in [0.1, 0.15) is 88.2 Å². The van der Waals surface area contributed by atoms with Crippen LogP contribution in [-0.4, -0.2) is 59.1 Å². The van der Waals surface area contributed by atoms with Crippen LogP contribution in [0.2, 0.25) is 0 Å². The lowest BCUT2D eigenvalue weighted by atomic mass is 9.57. The van der Waals surface area contributed by atoms with Crippen molar-refractivity contribution in [3.8, 4) is 11.1 Å². The number of hydrogen-bond acceptors (Lipinski definition) is 8. The minimum absolute atomic E-state index is 0.0279. The van der Waals surface area contributed by atoms with Gasteiger partial charge in [-0.15, -0.1) is 0 Å². The molecule has 3 heterocycles. The van der Waals surface area contributed by atoms with Crippen LogP contribution >= 0.6 is 0 Å². The number of aromatic nitrogens is 1. The number of Topliss-reactive ketones (excluding diaryl/α,β-unsaturated/α-hetero) is 2. The summed E-state index contributed by atoms with van der Waals surface area (Å²) in [5.41, 5.74) is 7.24. The van der Waals surface area contributed by atoms with E-state index in [0.29, 0.717) is 19.0 Å². The average molecular weight is 726 g/mol. The number of hydrogen-bond donors (Lipinski definition) is 0. The predicted molar refractivity (Wildman–Crippen MR) is 199 cm³/mol. The Hall–Kier alpha value is -5.63. The number of fused-ring (bicyclic) bond motifs is 1. The van der Waals surface area contributed by atoms with E-state index in [-0.39, 0.29) is 52.8 Å². The summed E-state index contributed by atoms with van der Waals surface area (Å²) >= 11 is 0. The second kappa shape index (κ2) is 12.2. The number of aryl methyl sites for hydroxylation is 3. The molecular weight excluding hydrogens is 686 g/mol. The fraction of sp³-hybridized carbons (Fsp3) is 0.395. The van der Waals surface area contributed by atoms with Gasteiger partial charge in [-0.05, 0) is 99.5 Å². The summed E-state index contributed by atoms with van der Waals surface area (Å²) in [6, 6.07) is 16.5. The van der Waals surface area contributed by atoms with Gasteiger partial charge in [0, 0.05) is 66.8 Å². The number of ketones is 2. The highest BCUT2D eigenvalue weighted by Gasteiger charge is 2.54. The maximum atomic E-state index is 15.6. The monoisotopic (exact) mass is 725 g/mol. The number of carbonyl (C=O) groups is 4. The molecule has 5 aliphatic rings. The van der Waals surface area contributed by atoms with Crippen LogP contribution in [-0.2, 0) is 15.1 Å². The van der Waals surface area contributed by atoms with E-state index in [0.717, 1.165) is 88.3 Å². The van der Waals surface area contributed by atoms with Crippen molar-refractivity contribution in [3.05, 3.63) is 106 Å². The van der Waals surface area contributed by atoms with Crippen LogP contribution in [0.5, 0.6) is 0 Å². The molecule has 0 bridgehead atoms. The van der Waals surface area contributed by atoms with E-state index in [4.69, 9.17) is 11.1 Å². The molecule has 1 spiro atoms. The molecule has 1 atom stereocenters. The second-order valence-electron chi connectivity index (χ2n) is 16.2. The van der Waals surface area contributed by atoms with Gasteiger partial charge in [0.15, 0.2) is 5.78 Å². The zero-order chi connectivity index (χ0) is 37.7. The van der Waals surface area contributed by atoms with Crippen LogP contribution in [0, 0.1) is 44.5 Å². The minimum atomic E-state index is -0.992. The molecule has 274 valence electrons. The van der Waals surface area contributed by atoms with Gasteiger partial charge in [-0.3, -0.25) is 24.1 Å². The number of amides is 2. The van der Waals surface area contributed by atoms with E-state index in [1.165, 1.54) is 6.07 Å². The Balaban J connectivity index is 0.929. The van der Waals surface area contributed by atoms with Crippen LogP contribution in [0.3, 0.4) is 0 Å². The molecule has 2 aliphatic heterocycles. The Kier molecular flexibility index (Phi) is 7.72. The van der Waals surface area contributed by atoms with E-state index in [2.05, 4.69) is 64.3 Å². The van der Waals surface area contributed by atoms with Crippen molar-refractivity contribution < 1.29 is 28.1 Å². The van der Waals surface area contributed by atoms with Gasteiger partial charge in [0.2, 0.25) is 0 Å². The normalized spacial score (nSPS) is 21.2. The molecule has 0 radical (unpaired) electrons. The van der Waals surface area contributed by atoms with Gasteiger partial charge < -0.3 is 19.2 Å². The quantitative estimate of drug-likeness (QED) is 0.104. The molecular formula is C43H40FN5O5. The summed E-state index contributed by atoms with van der Waals surface area (Å²) in [6.07, 6.45) is 3.65. The number of anilines is 3. The molecule has 11 heteroatoms. The highest BCUT2D eigenvalue weighted by Crippen LogP contribution is 2.55. The summed E-state index contributed by atoms with van der Waals surface area (Å²) in [5.74, 6) is -1.35. The lowest BCUT2D eigenvalue weighted by molar-refractivity contribution is -0.132. The highest BCUT2D eigenvalue weighted by atomic mass is 19.1. The average Bonchev–Trinajstić information content (AvgIpc) is 3.80. The third-order valence-electron chi connectivity index (χ3n) is 12.5. The molecule has 1 aromatic heterocycles. The number of imide groups is 1. The minimum Gasteiger partial charge on any atom is -0.368 e. The van der Waals surface area contributed by atoms with Crippen molar-refractivity contribution in [1.82, 2.24) is 10.1 Å². The van der Waals surface area contributed by atoms with Crippen molar-refractivity contribution in [1.29, 1.82) is 0 Å². The lowest BCUT2D eigenvalue weighted by Crippen LogP contribution is -2.63. The third-order valence-corrected chi connectivity index (χ3v) is 12.5. The fourth-order valence-corrected chi connectivity index (χ4v) is 9.50. The van der Waals surface area contributed by atoms with Gasteiger partial charge in [-0.25, -0.2) is 11.0 Å². The van der Waals surface area contributed by atoms with E-state index >= 15 is 4.39 Å². The molecule has 3 aromatic carbocycles. The van der Waals surface area contributed by atoms with E-state index in [9.17, 15) is 19.2 Å². The van der Waals surface area contributed by atoms with Crippen LogP contribution in [0.4, 0.5) is 21.5 Å². The molecule has 9 rings (SSSR count). The Labute approximate surface area is 312 Å². The first-order chi connectivity index (χ1) is 25.9. The first-order valence-electron chi connectivity index (χ1n) is 18.7. The first-order valence-corrected chi connectivity index (χ1v) is 18.7. The van der Waals surface area contributed by atoms with Crippen LogP contribution in [0.25, 0.3) is 16.0 Å². The number of rotatable bonds is 8. The molecule has 1 saturated heterocycles. The fourth-order valence-electron chi connectivity index (χ4n) is 9.50. The largest absolute Gasteiger partial charge is 0.368 e. The maximum absolute atomic E-state index is 15.6. The summed E-state index contributed by atoms with van der Waals surface area (Å²) in [5, 5.41) is 4.19. The van der Waals surface area contributed by atoms with Gasteiger partial charge in [0.25, 0.3) is 17.4 Å². The van der Waals surface area contributed by atoms with Crippen molar-refractivity contribution in [2.45, 2.75) is 77.3 Å². The van der Waals surface area contributed by atoms with Crippen molar-refractivity contribution in [3.63, 3.8) is 0 Å². The van der Waals surface area contributed by atoms with Crippen molar-refractivity contribution in [2.75, 3.05) is 29.4 Å². The molecule has 10 nitrogen and oxygen atoms in total. The standard InChI is InChI=1S/C43H40FN5O5/c1-24-5-6-28(39-25(2)46-54-26(39)3)15-36(24)48(30-9-7-29(8-10-30)43(45-4)13-14-43)21-27-19-42(20-27)22-47(23-42)37-18-33-32(17-34(37)44)40(52)49(41(33)53)35-12-11-31(50)16-38(35)51/h5-10,15,17-18,27,35H,11-14,16,19-23H2,1-3H3. The summed E-state index contributed by atoms with van der Waals surface area (Å²) in [4.78, 5) is 60.2. The van der Waals surface area contributed by atoms with Gasteiger partial charge in [0.05, 0.1) is 35.0 Å². The topological polar surface area (TPSA) is 108 Å². The highest BCUT2D eigenvalue weighted by molar-refractivity contribution is 6.24. The summed E-state index contributed by atoms with van der Waals surface area (Å²) in [7, 11) is 0. The molecule has 4 fully saturated rings. The van der Waals surface area contributed by atoms with Crippen molar-refractivity contribution in [2.24, 2.45) is 11.3 Å². The first kappa shape index (κ1) is 34.2. The molecule has 1 unspecified atom stereocenters. The number of halogens is 1. The zero-order valence-corrected chi connectivity index (χ0v) is 30.6. The van der Waals surface area contributed by atoms with Crippen molar-refractivity contribution >= 4 is 40.4 Å². The molecule has 54 heavy (non-hydrogen) atoms. The third kappa shape index (κ3) is 5.37. The smallest absolute Gasteiger partial charge is 0.262 e. The maximum Gasteiger partial charge on any atom is 0.262 e. The Morgan fingerprint density at radius 3 is 2.30 bits per heavy atom. The SMILES string of the molecule is [C-]#[N+]C1(c2ccc(N(CC3CC4(C3)CN(c3cc5c(cc3F)C(=O)N(C3CCC(=O)CC3=O)C5=O)C4)c3cc(-c4c(C)noc4C)ccc3C)cc2)CC1. The van der Waals surface area contributed by atoms with E-state index in [1.54, 1.807) is 0 Å². The number of benzene rings is 3. The second-order valence-corrected chi connectivity index (χ2v) is 16.2. The molecule has 2 amide bonds. The Bertz CT molecular complexity index is 2300. The number of nitrogens with zero attached hydrogens (tertiary/aromatic N) is 5. The van der Waals surface area contributed by atoms with Gasteiger partial charge in [0.1, 0.15) is 17.4 Å². The Morgan fingerprint density at radius 1 is 0.963 bits per heavy atom. The van der Waals surface area contributed by atoms with Crippen LogP contribution in [0.15, 0.2) is 59.1 Å². The zero-order valence-electron chi connectivity index (χ0n) is 30.6. The predicted octanol–water partition coefficient (Wildman–Crippen LogP) is 7.66. The van der Waals surface area contributed by atoms with Gasteiger partial charge in [-0.1, -0.05) is 17.3 Å². The van der Waals surface area contributed by atoms with E-state index < -0.39 is 29.5 Å². The molecule has 4 aromatic rings. The Morgan fingerprint density at radius 2 is 1.67 bits per heavy atom. The van der Waals surface area contributed by atoms with Crippen LogP contribution < -0.4 is 9.80 Å². The van der Waals surface area contributed by atoms with Gasteiger partial charge >= 0.3 is 0 Å². The molecule has 3 aliphatic carbocycles. The number of carbonyl (C=O) groups excluding carboxylic acids is 4. The summed E-state index contributed by atoms with van der Waals surface area (Å²) < 4.78 is 21.1. The van der Waals surface area contributed by atoms with E-state index in [1.807, 2.05) is 18.7 Å². The molecule has 3 saturated carbocycles. The lowest BCUT2D eigenvalue weighted by Gasteiger charge is -2.60.